The Hall–Kier alpha value is -7.35. The van der Waals surface area contributed by atoms with Crippen LogP contribution in [0.5, 0.6) is 0 Å². The Kier molecular flexibility index (Phi) is 8.20. The third-order valence-corrected chi connectivity index (χ3v) is 11.1. The van der Waals surface area contributed by atoms with Gasteiger partial charge in [-0.1, -0.05) is 177 Å². The van der Waals surface area contributed by atoms with Crippen LogP contribution in [-0.2, 0) is 0 Å². The first kappa shape index (κ1) is 33.2. The number of rotatable bonds is 6. The van der Waals surface area contributed by atoms with Crippen LogP contribution in [0.2, 0.25) is 0 Å². The van der Waals surface area contributed by atoms with Crippen LogP contribution < -0.4 is 10.4 Å². The number of pyridine rings is 1. The van der Waals surface area contributed by atoms with E-state index < -0.39 is 0 Å². The molecule has 0 saturated heterocycles. The largest absolute Gasteiger partial charge is 0.248 e. The van der Waals surface area contributed by atoms with Crippen LogP contribution in [0.3, 0.4) is 0 Å². The first-order valence-electron chi connectivity index (χ1n) is 19.1. The van der Waals surface area contributed by atoms with Gasteiger partial charge < -0.3 is 0 Å². The van der Waals surface area contributed by atoms with E-state index in [1.807, 2.05) is 0 Å². The number of nitrogens with zero attached hydrogens (tertiary/aromatic N) is 1. The lowest BCUT2D eigenvalue weighted by Crippen LogP contribution is -2.06. The summed E-state index contributed by atoms with van der Waals surface area (Å²) in [5, 5.41) is 7.87. The summed E-state index contributed by atoms with van der Waals surface area (Å²) in [7, 11) is 0. The van der Waals surface area contributed by atoms with Crippen LogP contribution >= 0.6 is 0 Å². The van der Waals surface area contributed by atoms with Crippen molar-refractivity contribution < 1.29 is 0 Å². The van der Waals surface area contributed by atoms with Crippen molar-refractivity contribution in [3.63, 3.8) is 0 Å². The molecule has 0 saturated carbocycles. The normalized spacial score (nSPS) is 11.4. The molecule has 0 fully saturated rings. The molecule has 1 nitrogen and oxygen atoms in total. The van der Waals surface area contributed by atoms with E-state index in [1.54, 1.807) is 0 Å². The summed E-state index contributed by atoms with van der Waals surface area (Å²) in [5.41, 5.74) is 14.7. The fraction of sp³-hybridized carbons (Fsp3) is 0. The van der Waals surface area contributed by atoms with Crippen LogP contribution in [0.25, 0.3) is 112 Å². The Morgan fingerprint density at radius 3 is 1.59 bits per heavy atom. The molecule has 0 aliphatic heterocycles. The predicted octanol–water partition coefficient (Wildman–Crippen LogP) is 13.4. The molecule has 0 bridgehead atoms. The molecule has 9 aromatic carbocycles. The van der Waals surface area contributed by atoms with E-state index in [0.29, 0.717) is 0 Å². The van der Waals surface area contributed by atoms with Gasteiger partial charge in [0.2, 0.25) is 0 Å². The van der Waals surface area contributed by atoms with E-state index in [0.717, 1.165) is 60.4 Å². The van der Waals surface area contributed by atoms with Gasteiger partial charge in [0.1, 0.15) is 0 Å². The molecule has 0 aliphatic rings. The molecule has 0 radical (unpaired) electrons. The van der Waals surface area contributed by atoms with Gasteiger partial charge in [-0.3, -0.25) is 0 Å². The molecule has 262 valence electrons. The van der Waals surface area contributed by atoms with Gasteiger partial charge in [-0.2, -0.15) is 0 Å². The molecule has 0 unspecified atom stereocenters. The second-order valence-corrected chi connectivity index (χ2v) is 14.5. The maximum Gasteiger partial charge on any atom is 0.0716 e. The van der Waals surface area contributed by atoms with Crippen LogP contribution in [-0.4, -0.2) is 4.98 Å². The van der Waals surface area contributed by atoms with E-state index in [-0.39, 0.29) is 0 Å². The minimum atomic E-state index is 0.950. The van der Waals surface area contributed by atoms with Crippen molar-refractivity contribution in [3.8, 4) is 66.9 Å². The first-order valence-corrected chi connectivity index (χ1v) is 19.1. The molecule has 10 aromatic rings. The topological polar surface area (TPSA) is 12.9 Å². The quantitative estimate of drug-likeness (QED) is 0.157. The summed E-state index contributed by atoms with van der Waals surface area (Å²) < 4.78 is 0. The minimum Gasteiger partial charge on any atom is -0.248 e. The van der Waals surface area contributed by atoms with Crippen molar-refractivity contribution in [2.75, 3.05) is 0 Å². The van der Waals surface area contributed by atoms with Gasteiger partial charge in [0.25, 0.3) is 0 Å². The van der Waals surface area contributed by atoms with Gasteiger partial charge in [-0.15, -0.1) is 0 Å². The van der Waals surface area contributed by atoms with E-state index in [2.05, 4.69) is 213 Å². The van der Waals surface area contributed by atoms with Crippen molar-refractivity contribution in [1.82, 2.24) is 4.98 Å². The molecule has 1 heteroatoms. The van der Waals surface area contributed by atoms with Gasteiger partial charge in [-0.05, 0) is 124 Å². The smallest absolute Gasteiger partial charge is 0.0716 e. The maximum absolute atomic E-state index is 5.29. The molecule has 0 N–H and O–H groups in total. The molecule has 1 heterocycles. The lowest BCUT2D eigenvalue weighted by Gasteiger charge is -2.14. The Balaban J connectivity index is 1.07. The van der Waals surface area contributed by atoms with Gasteiger partial charge in [0.15, 0.2) is 0 Å². The number of aromatic nitrogens is 1. The number of hydrogen-bond donors (Lipinski definition) is 0. The van der Waals surface area contributed by atoms with Crippen LogP contribution in [0.1, 0.15) is 0 Å². The third kappa shape index (κ3) is 5.97. The molecular formula is C55H37N. The average Bonchev–Trinajstić information content (AvgIpc) is 3.26. The molecule has 56 heavy (non-hydrogen) atoms. The van der Waals surface area contributed by atoms with Crippen molar-refractivity contribution in [2.45, 2.75) is 0 Å². The monoisotopic (exact) mass is 711 g/mol. The fourth-order valence-corrected chi connectivity index (χ4v) is 8.26. The Morgan fingerprint density at radius 2 is 0.857 bits per heavy atom. The van der Waals surface area contributed by atoms with Crippen LogP contribution in [0.15, 0.2) is 200 Å². The summed E-state index contributed by atoms with van der Waals surface area (Å²) in [6, 6.07) is 71.6. The highest BCUT2D eigenvalue weighted by molar-refractivity contribution is 6.12. The average molecular weight is 712 g/mol. The zero-order valence-electron chi connectivity index (χ0n) is 30.9. The first-order chi connectivity index (χ1) is 27.6. The second-order valence-electron chi connectivity index (χ2n) is 14.5. The van der Waals surface area contributed by atoms with Crippen LogP contribution in [0.4, 0.5) is 0 Å². The van der Waals surface area contributed by atoms with Crippen molar-refractivity contribution >= 4 is 45.6 Å². The molecule has 10 rings (SSSR count). The standard InChI is InChI=1S/C55H37N/c1-36-13-9-18-40-26-29-49-48(28-25-37(2)55(49)54(36)40)46-23-11-21-43(32-46)45-27-30-52-51(34-45)50(39-16-7-4-8-17-39)35-53(56-52)47-24-12-22-44(33-47)42-20-10-19-41(31-42)38-14-5-3-6-15-38/h3-35H,1-2H2. The highest BCUT2D eigenvalue weighted by Crippen LogP contribution is 2.38. The summed E-state index contributed by atoms with van der Waals surface area (Å²) in [6.07, 6.45) is 0. The van der Waals surface area contributed by atoms with E-state index in [1.165, 1.54) is 49.4 Å². The molecular weight excluding hydrogens is 675 g/mol. The zero-order valence-corrected chi connectivity index (χ0v) is 30.9. The number of fused-ring (bicyclic) bond motifs is 4. The minimum absolute atomic E-state index is 0.950. The molecule has 0 atom stereocenters. The van der Waals surface area contributed by atoms with E-state index in [4.69, 9.17) is 4.98 Å². The summed E-state index contributed by atoms with van der Waals surface area (Å²) in [5.74, 6) is 0. The van der Waals surface area contributed by atoms with Gasteiger partial charge in [0.05, 0.1) is 11.2 Å². The maximum atomic E-state index is 5.29. The summed E-state index contributed by atoms with van der Waals surface area (Å²) in [4.78, 5) is 5.29. The highest BCUT2D eigenvalue weighted by Gasteiger charge is 2.14. The van der Waals surface area contributed by atoms with E-state index >= 15 is 0 Å². The fourth-order valence-electron chi connectivity index (χ4n) is 8.26. The third-order valence-electron chi connectivity index (χ3n) is 11.1. The van der Waals surface area contributed by atoms with E-state index in [9.17, 15) is 0 Å². The number of benzene rings is 9. The summed E-state index contributed by atoms with van der Waals surface area (Å²) in [6.45, 7) is 8.79. The van der Waals surface area contributed by atoms with Crippen molar-refractivity contribution in [1.29, 1.82) is 0 Å². The Bertz CT molecular complexity index is 3220. The molecule has 0 spiro atoms. The SMILES string of the molecule is C=c1cccc2ccc3c(-c4cccc(-c5ccc6nc(-c7cccc(-c8cccc(-c9ccccc9)c8)c7)cc(-c7ccccc7)c6c5)c4)ccc(=C)c3c12. The van der Waals surface area contributed by atoms with Gasteiger partial charge >= 0.3 is 0 Å². The molecule has 0 amide bonds. The predicted molar refractivity (Wildman–Crippen MR) is 240 cm³/mol. The molecule has 0 aliphatic carbocycles. The van der Waals surface area contributed by atoms with Crippen molar-refractivity contribution in [3.05, 3.63) is 211 Å². The van der Waals surface area contributed by atoms with Crippen LogP contribution in [0, 0.1) is 0 Å². The molecule has 1 aromatic heterocycles. The number of hydrogen-bond acceptors (Lipinski definition) is 1. The second kappa shape index (κ2) is 13.8. The summed E-state index contributed by atoms with van der Waals surface area (Å²) >= 11 is 0. The zero-order chi connectivity index (χ0) is 37.6. The van der Waals surface area contributed by atoms with Gasteiger partial charge in [0, 0.05) is 10.9 Å². The Morgan fingerprint density at radius 1 is 0.304 bits per heavy atom. The lowest BCUT2D eigenvalue weighted by molar-refractivity contribution is 1.40. The highest BCUT2D eigenvalue weighted by atomic mass is 14.7. The Labute approximate surface area is 326 Å². The van der Waals surface area contributed by atoms with Crippen molar-refractivity contribution in [2.24, 2.45) is 0 Å². The van der Waals surface area contributed by atoms with Gasteiger partial charge in [-0.25, -0.2) is 4.98 Å². The lowest BCUT2D eigenvalue weighted by atomic mass is 9.91.